The Morgan fingerprint density at radius 1 is 1.06 bits per heavy atom. The summed E-state index contributed by atoms with van der Waals surface area (Å²) in [5.74, 6) is -0.268. The molecule has 0 aliphatic carbocycles. The molecule has 0 spiro atoms. The SMILES string of the molecule is COc1cc(NC(=O)Cc2ccc(OC(F)F)cc2)ccc1NC(=O)c1cccnc1. The zero-order valence-corrected chi connectivity index (χ0v) is 16.5. The van der Waals surface area contributed by atoms with Gasteiger partial charge in [-0.25, -0.2) is 0 Å². The summed E-state index contributed by atoms with van der Waals surface area (Å²) in [6.07, 6.45) is 3.06. The van der Waals surface area contributed by atoms with E-state index in [1.165, 1.54) is 37.6 Å². The van der Waals surface area contributed by atoms with Crippen LogP contribution in [0.5, 0.6) is 11.5 Å². The smallest absolute Gasteiger partial charge is 0.387 e. The lowest BCUT2D eigenvalue weighted by molar-refractivity contribution is -0.115. The minimum absolute atomic E-state index is 0.0211. The highest BCUT2D eigenvalue weighted by molar-refractivity contribution is 6.05. The third-order valence-electron chi connectivity index (χ3n) is 4.17. The van der Waals surface area contributed by atoms with E-state index in [9.17, 15) is 18.4 Å². The second-order valence-corrected chi connectivity index (χ2v) is 6.36. The van der Waals surface area contributed by atoms with Crippen molar-refractivity contribution in [3.63, 3.8) is 0 Å². The molecule has 7 nitrogen and oxygen atoms in total. The van der Waals surface area contributed by atoms with E-state index in [1.807, 2.05) is 0 Å². The Kier molecular flexibility index (Phi) is 7.10. The number of aromatic nitrogens is 1. The molecule has 160 valence electrons. The Balaban J connectivity index is 1.62. The van der Waals surface area contributed by atoms with Crippen molar-refractivity contribution < 1.29 is 27.8 Å². The molecule has 1 heterocycles. The number of hydrogen-bond acceptors (Lipinski definition) is 5. The fraction of sp³-hybridized carbons (Fsp3) is 0.136. The van der Waals surface area contributed by atoms with Gasteiger partial charge in [0.2, 0.25) is 5.91 Å². The van der Waals surface area contributed by atoms with Crippen LogP contribution in [0.25, 0.3) is 0 Å². The zero-order valence-electron chi connectivity index (χ0n) is 16.5. The van der Waals surface area contributed by atoms with Gasteiger partial charge in [-0.05, 0) is 42.0 Å². The van der Waals surface area contributed by atoms with E-state index in [-0.39, 0.29) is 24.0 Å². The maximum Gasteiger partial charge on any atom is 0.387 e. The number of pyridine rings is 1. The molecule has 0 saturated carbocycles. The Hall–Kier alpha value is -4.01. The van der Waals surface area contributed by atoms with E-state index in [4.69, 9.17) is 4.74 Å². The number of ether oxygens (including phenoxy) is 2. The summed E-state index contributed by atoms with van der Waals surface area (Å²) < 4.78 is 34.0. The highest BCUT2D eigenvalue weighted by Gasteiger charge is 2.12. The first-order valence-corrected chi connectivity index (χ1v) is 9.17. The van der Waals surface area contributed by atoms with Crippen molar-refractivity contribution >= 4 is 23.2 Å². The molecule has 2 amide bonds. The molecule has 0 fully saturated rings. The molecule has 0 saturated heterocycles. The Morgan fingerprint density at radius 2 is 1.84 bits per heavy atom. The minimum atomic E-state index is -2.90. The predicted octanol–water partition coefficient (Wildman–Crippen LogP) is 4.13. The number of halogens is 2. The van der Waals surface area contributed by atoms with Gasteiger partial charge in [-0.15, -0.1) is 0 Å². The molecule has 0 unspecified atom stereocenters. The highest BCUT2D eigenvalue weighted by atomic mass is 19.3. The first kappa shape index (κ1) is 21.7. The lowest BCUT2D eigenvalue weighted by atomic mass is 10.1. The number of hydrogen-bond donors (Lipinski definition) is 2. The van der Waals surface area contributed by atoms with Crippen LogP contribution in [0.2, 0.25) is 0 Å². The number of methoxy groups -OCH3 is 1. The van der Waals surface area contributed by atoms with E-state index in [0.29, 0.717) is 28.3 Å². The molecule has 1 aromatic heterocycles. The molecule has 0 aliphatic heterocycles. The van der Waals surface area contributed by atoms with Crippen LogP contribution < -0.4 is 20.1 Å². The fourth-order valence-electron chi connectivity index (χ4n) is 2.74. The quantitative estimate of drug-likeness (QED) is 0.564. The molecule has 0 radical (unpaired) electrons. The second-order valence-electron chi connectivity index (χ2n) is 6.36. The molecule has 9 heteroatoms. The van der Waals surface area contributed by atoms with Gasteiger partial charge >= 0.3 is 6.61 Å². The van der Waals surface area contributed by atoms with Crippen molar-refractivity contribution in [3.05, 3.63) is 78.1 Å². The van der Waals surface area contributed by atoms with Gasteiger partial charge in [-0.1, -0.05) is 12.1 Å². The first-order chi connectivity index (χ1) is 14.9. The molecular formula is C22H19F2N3O4. The summed E-state index contributed by atoms with van der Waals surface area (Å²) >= 11 is 0. The van der Waals surface area contributed by atoms with Crippen LogP contribution in [0.4, 0.5) is 20.2 Å². The van der Waals surface area contributed by atoms with Crippen LogP contribution in [0, 0.1) is 0 Å². The van der Waals surface area contributed by atoms with E-state index < -0.39 is 6.61 Å². The number of amides is 2. The van der Waals surface area contributed by atoms with Crippen molar-refractivity contribution in [1.29, 1.82) is 0 Å². The van der Waals surface area contributed by atoms with Gasteiger partial charge in [-0.2, -0.15) is 8.78 Å². The maximum atomic E-state index is 12.3. The number of alkyl halides is 2. The van der Waals surface area contributed by atoms with Crippen molar-refractivity contribution in [3.8, 4) is 11.5 Å². The Bertz CT molecular complexity index is 1040. The maximum absolute atomic E-state index is 12.3. The number of nitrogens with one attached hydrogen (secondary N) is 2. The second kappa shape index (κ2) is 10.1. The van der Waals surface area contributed by atoms with Crippen molar-refractivity contribution in [1.82, 2.24) is 4.98 Å². The summed E-state index contributed by atoms with van der Waals surface area (Å²) in [4.78, 5) is 28.5. The summed E-state index contributed by atoms with van der Waals surface area (Å²) in [7, 11) is 1.45. The summed E-state index contributed by atoms with van der Waals surface area (Å²) in [6, 6.07) is 13.9. The van der Waals surface area contributed by atoms with E-state index >= 15 is 0 Å². The summed E-state index contributed by atoms with van der Waals surface area (Å²) in [6.45, 7) is -2.90. The largest absolute Gasteiger partial charge is 0.494 e. The van der Waals surface area contributed by atoms with Crippen LogP contribution in [0.1, 0.15) is 15.9 Å². The van der Waals surface area contributed by atoms with E-state index in [2.05, 4.69) is 20.4 Å². The monoisotopic (exact) mass is 427 g/mol. The summed E-state index contributed by atoms with van der Waals surface area (Å²) in [5, 5.41) is 5.47. The lowest BCUT2D eigenvalue weighted by Crippen LogP contribution is -2.15. The fourth-order valence-corrected chi connectivity index (χ4v) is 2.74. The number of anilines is 2. The van der Waals surface area contributed by atoms with Crippen LogP contribution >= 0.6 is 0 Å². The lowest BCUT2D eigenvalue weighted by Gasteiger charge is -2.13. The zero-order chi connectivity index (χ0) is 22.2. The van der Waals surface area contributed by atoms with Crippen LogP contribution in [-0.4, -0.2) is 30.5 Å². The van der Waals surface area contributed by atoms with Crippen LogP contribution in [-0.2, 0) is 11.2 Å². The molecule has 3 aromatic rings. The van der Waals surface area contributed by atoms with Crippen molar-refractivity contribution in [2.24, 2.45) is 0 Å². The Morgan fingerprint density at radius 3 is 2.48 bits per heavy atom. The number of carbonyl (C=O) groups excluding carboxylic acids is 2. The molecule has 0 aliphatic rings. The van der Waals surface area contributed by atoms with Gasteiger partial charge in [0.25, 0.3) is 5.91 Å². The van der Waals surface area contributed by atoms with Crippen LogP contribution in [0.3, 0.4) is 0 Å². The van der Waals surface area contributed by atoms with Gasteiger partial charge < -0.3 is 20.1 Å². The van der Waals surface area contributed by atoms with Gasteiger partial charge in [0.1, 0.15) is 11.5 Å². The standard InChI is InChI=1S/C22H19F2N3O4/c1-30-19-12-16(6-9-18(19)27-21(29)15-3-2-10-25-13-15)26-20(28)11-14-4-7-17(8-5-14)31-22(23)24/h2-10,12-13,22H,11H2,1H3,(H,26,28)(H,27,29). The molecule has 31 heavy (non-hydrogen) atoms. The number of nitrogens with zero attached hydrogens (tertiary/aromatic N) is 1. The minimum Gasteiger partial charge on any atom is -0.494 e. The number of benzene rings is 2. The van der Waals surface area contributed by atoms with Crippen molar-refractivity contribution in [2.45, 2.75) is 13.0 Å². The third-order valence-corrected chi connectivity index (χ3v) is 4.17. The van der Waals surface area contributed by atoms with Gasteiger partial charge in [0.15, 0.2) is 0 Å². The van der Waals surface area contributed by atoms with Gasteiger partial charge in [-0.3, -0.25) is 14.6 Å². The van der Waals surface area contributed by atoms with E-state index in [0.717, 1.165) is 0 Å². The predicted molar refractivity (Wildman–Crippen MR) is 111 cm³/mol. The summed E-state index contributed by atoms with van der Waals surface area (Å²) in [5.41, 5.74) is 1.93. The first-order valence-electron chi connectivity index (χ1n) is 9.17. The third kappa shape index (κ3) is 6.23. The normalized spacial score (nSPS) is 10.5. The highest BCUT2D eigenvalue weighted by Crippen LogP contribution is 2.28. The van der Waals surface area contributed by atoms with Gasteiger partial charge in [0.05, 0.1) is 24.8 Å². The van der Waals surface area contributed by atoms with Crippen LogP contribution in [0.15, 0.2) is 67.0 Å². The molecule has 2 aromatic carbocycles. The number of rotatable bonds is 8. The molecule has 0 atom stereocenters. The topological polar surface area (TPSA) is 89.5 Å². The molecule has 0 bridgehead atoms. The van der Waals surface area contributed by atoms with Gasteiger partial charge in [0, 0.05) is 24.1 Å². The molecule has 3 rings (SSSR count). The van der Waals surface area contributed by atoms with E-state index in [1.54, 1.807) is 36.5 Å². The Labute approximate surface area is 177 Å². The number of carbonyl (C=O) groups is 2. The molecule has 2 N–H and O–H groups in total. The average molecular weight is 427 g/mol. The average Bonchev–Trinajstić information content (AvgIpc) is 2.76. The molecular weight excluding hydrogens is 408 g/mol. The van der Waals surface area contributed by atoms with Crippen molar-refractivity contribution in [2.75, 3.05) is 17.7 Å².